The van der Waals surface area contributed by atoms with Crippen molar-refractivity contribution >= 4 is 0 Å². The Labute approximate surface area is 374 Å². The van der Waals surface area contributed by atoms with Crippen molar-refractivity contribution in [1.82, 2.24) is 9.97 Å². The molecule has 2 aromatic heterocycles. The third-order valence-corrected chi connectivity index (χ3v) is 10.5. The maximum atomic E-state index is 14.4. The maximum Gasteiger partial charge on any atom is 2.00 e. The van der Waals surface area contributed by atoms with Crippen LogP contribution >= 0.6 is 0 Å². The smallest absolute Gasteiger partial charge is 0.497 e. The van der Waals surface area contributed by atoms with Gasteiger partial charge in [0, 0.05) is 29.5 Å². The molecule has 0 saturated carbocycles. The number of alkyl halides is 6. The number of rotatable bonds is 8. The number of nitrogens with zero attached hydrogens (tertiary/aromatic N) is 3. The summed E-state index contributed by atoms with van der Waals surface area (Å²) in [4.78, 5) is 9.15. The number of halogens is 6. The summed E-state index contributed by atoms with van der Waals surface area (Å²) in [5, 5.41) is 9.31. The van der Waals surface area contributed by atoms with Crippen LogP contribution in [0.2, 0.25) is 0 Å². The van der Waals surface area contributed by atoms with Crippen LogP contribution in [0, 0.1) is 23.5 Å². The molecule has 0 spiro atoms. The third kappa shape index (κ3) is 10.5. The van der Waals surface area contributed by atoms with Crippen LogP contribution in [0.3, 0.4) is 0 Å². The van der Waals surface area contributed by atoms with Crippen LogP contribution < -0.4 is 4.74 Å². The first-order chi connectivity index (χ1) is 28.3. The minimum Gasteiger partial charge on any atom is -0.497 e. The first-order valence-corrected chi connectivity index (χ1v) is 20.0. The zero-order valence-corrected chi connectivity index (χ0v) is 38.4. The summed E-state index contributed by atoms with van der Waals surface area (Å²) in [5.41, 5.74) is 1.92. The monoisotopic (exact) mass is 1030 g/mol. The fourth-order valence-electron chi connectivity index (χ4n) is 7.27. The summed E-state index contributed by atoms with van der Waals surface area (Å²) >= 11 is 0. The van der Waals surface area contributed by atoms with Gasteiger partial charge in [-0.25, -0.2) is 0 Å². The number of pyridine rings is 2. The molecule has 0 unspecified atom stereocenters. The Balaban J connectivity index is 0.00000726. The Morgan fingerprint density at radius 1 is 0.581 bits per heavy atom. The fourth-order valence-corrected chi connectivity index (χ4v) is 7.27. The Bertz CT molecular complexity index is 2580. The van der Waals surface area contributed by atoms with Gasteiger partial charge in [-0.3, -0.25) is 0 Å². The maximum absolute atomic E-state index is 14.4. The van der Waals surface area contributed by atoms with E-state index in [1.807, 2.05) is 39.0 Å². The van der Waals surface area contributed by atoms with E-state index >= 15 is 0 Å². The molecule has 2 heterocycles. The van der Waals surface area contributed by atoms with Crippen LogP contribution in [-0.4, -0.2) is 9.97 Å². The second-order valence-corrected chi connectivity index (χ2v) is 17.9. The van der Waals surface area contributed by atoms with Gasteiger partial charge in [-0.05, 0) is 86.1 Å². The molecular weight excluding hydrogens is 980 g/mol. The topological polar surface area (TPSA) is 58.8 Å². The standard InChI is InChI=1S/C51H47F6N3O.Pt/c1-29(2)40-12-11-13-41(30(3)4)46(40)32-14-16-59-44(24-32)34-20-36(48(5,6)7)26-38(22-34)61-39-23-35(21-37(27-39)49(8,9)10)45-25-33(15-17-60-45)47-42(50(52,53)54)18-31(28-58)19-43(47)51(55,56)57;/h11-21,24-27,29-30H,1-10H3;/q-2;+2. The second-order valence-electron chi connectivity index (χ2n) is 17.9. The van der Waals surface area contributed by atoms with Crippen molar-refractivity contribution in [2.75, 3.05) is 0 Å². The molecular formula is C51H47F6N3OPt. The molecule has 0 atom stereocenters. The Morgan fingerprint density at radius 2 is 0.984 bits per heavy atom. The summed E-state index contributed by atoms with van der Waals surface area (Å²) in [6.07, 6.45) is -7.45. The van der Waals surface area contributed by atoms with Crippen molar-refractivity contribution in [3.63, 3.8) is 0 Å². The molecule has 0 bridgehead atoms. The van der Waals surface area contributed by atoms with Crippen LogP contribution in [0.25, 0.3) is 44.8 Å². The molecule has 6 aromatic rings. The van der Waals surface area contributed by atoms with E-state index in [9.17, 15) is 31.6 Å². The van der Waals surface area contributed by atoms with Gasteiger partial charge in [0.05, 0.1) is 22.8 Å². The van der Waals surface area contributed by atoms with E-state index in [4.69, 9.17) is 9.72 Å². The first-order valence-electron chi connectivity index (χ1n) is 20.0. The first kappa shape index (κ1) is 47.8. The molecule has 0 fully saturated rings. The molecule has 62 heavy (non-hydrogen) atoms. The SMILES string of the molecule is CC(C)c1cccc(C(C)C)c1-c1ccnc(-c2[c-]c(Oc3[c-]c(-c4cc(-c5c(C(F)(F)F)cc(C#N)cc5C(F)(F)F)ccn4)cc(C(C)(C)C)c3)cc(C(C)(C)C)c2)c1.[Pt+2]. The van der Waals surface area contributed by atoms with Gasteiger partial charge in [0.2, 0.25) is 0 Å². The van der Waals surface area contributed by atoms with E-state index in [2.05, 4.69) is 89.8 Å². The number of aromatic nitrogens is 2. The van der Waals surface area contributed by atoms with Crippen molar-refractivity contribution in [2.24, 2.45) is 0 Å². The molecule has 0 aliphatic rings. The molecule has 0 saturated heterocycles. The van der Waals surface area contributed by atoms with Gasteiger partial charge in [-0.15, -0.1) is 34.4 Å². The van der Waals surface area contributed by atoms with Crippen LogP contribution in [0.1, 0.15) is 120 Å². The van der Waals surface area contributed by atoms with Crippen molar-refractivity contribution in [1.29, 1.82) is 5.26 Å². The molecule has 0 N–H and O–H groups in total. The number of hydrogen-bond acceptors (Lipinski definition) is 4. The fraction of sp³-hybridized carbons (Fsp3) is 0.314. The molecule has 0 amide bonds. The van der Waals surface area contributed by atoms with Gasteiger partial charge in [-0.1, -0.05) is 124 Å². The van der Waals surface area contributed by atoms with Gasteiger partial charge in [0.15, 0.2) is 0 Å². The van der Waals surface area contributed by atoms with E-state index in [0.29, 0.717) is 29.1 Å². The summed E-state index contributed by atoms with van der Waals surface area (Å²) in [6, 6.07) is 29.1. The van der Waals surface area contributed by atoms with Crippen LogP contribution in [0.4, 0.5) is 26.3 Å². The van der Waals surface area contributed by atoms with E-state index in [0.717, 1.165) is 29.0 Å². The Morgan fingerprint density at radius 3 is 1.34 bits per heavy atom. The van der Waals surface area contributed by atoms with E-state index in [1.54, 1.807) is 18.3 Å². The quantitative estimate of drug-likeness (QED) is 0.113. The number of ether oxygens (including phenoxy) is 1. The van der Waals surface area contributed by atoms with Crippen molar-refractivity contribution in [3.05, 3.63) is 142 Å². The summed E-state index contributed by atoms with van der Waals surface area (Å²) in [5.74, 6) is 1.17. The van der Waals surface area contributed by atoms with Gasteiger partial charge in [0.1, 0.15) is 0 Å². The van der Waals surface area contributed by atoms with Gasteiger partial charge >= 0.3 is 33.4 Å². The minimum atomic E-state index is -5.20. The van der Waals surface area contributed by atoms with Crippen molar-refractivity contribution in [2.45, 2.75) is 104 Å². The molecule has 324 valence electrons. The predicted molar refractivity (Wildman–Crippen MR) is 228 cm³/mol. The zero-order chi connectivity index (χ0) is 44.8. The molecule has 6 rings (SSSR count). The van der Waals surface area contributed by atoms with Crippen molar-refractivity contribution in [3.8, 4) is 62.3 Å². The summed E-state index contributed by atoms with van der Waals surface area (Å²) in [7, 11) is 0. The Hall–Kier alpha value is -5.26. The average molecular weight is 1030 g/mol. The summed E-state index contributed by atoms with van der Waals surface area (Å²) < 4.78 is 92.9. The van der Waals surface area contributed by atoms with Gasteiger partial charge in [-0.2, -0.15) is 31.6 Å². The second kappa shape index (κ2) is 17.8. The normalized spacial score (nSPS) is 12.3. The largest absolute Gasteiger partial charge is 2.00 e. The molecule has 0 aliphatic heterocycles. The minimum absolute atomic E-state index is 0. The van der Waals surface area contributed by atoms with E-state index in [-0.39, 0.29) is 60.9 Å². The average Bonchev–Trinajstić information content (AvgIpc) is 3.18. The molecule has 4 aromatic carbocycles. The number of nitriles is 1. The number of hydrogen-bond donors (Lipinski definition) is 0. The third-order valence-electron chi connectivity index (χ3n) is 10.5. The predicted octanol–water partition coefficient (Wildman–Crippen LogP) is 15.3. The molecule has 11 heteroatoms. The van der Waals surface area contributed by atoms with Gasteiger partial charge in [0.25, 0.3) is 0 Å². The van der Waals surface area contributed by atoms with Crippen LogP contribution in [0.5, 0.6) is 11.5 Å². The van der Waals surface area contributed by atoms with Crippen LogP contribution in [-0.2, 0) is 44.2 Å². The zero-order valence-electron chi connectivity index (χ0n) is 36.1. The van der Waals surface area contributed by atoms with Gasteiger partial charge < -0.3 is 14.7 Å². The van der Waals surface area contributed by atoms with E-state index in [1.165, 1.54) is 28.8 Å². The Kier molecular flexibility index (Phi) is 13.8. The molecule has 0 aliphatic carbocycles. The molecule has 0 radical (unpaired) electrons. The van der Waals surface area contributed by atoms with Crippen LogP contribution in [0.15, 0.2) is 91.3 Å². The number of benzene rings is 4. The summed E-state index contributed by atoms with van der Waals surface area (Å²) in [6.45, 7) is 20.9. The van der Waals surface area contributed by atoms with E-state index < -0.39 is 40.0 Å². The molecule has 4 nitrogen and oxygen atoms in total. The van der Waals surface area contributed by atoms with Crippen molar-refractivity contribution < 1.29 is 52.1 Å².